The number of benzene rings is 2. The van der Waals surface area contributed by atoms with Gasteiger partial charge >= 0.3 is 6.03 Å². The van der Waals surface area contributed by atoms with Crippen molar-refractivity contribution in [2.75, 3.05) is 43.1 Å². The van der Waals surface area contributed by atoms with Gasteiger partial charge in [0.1, 0.15) is 5.82 Å². The molecule has 2 amide bonds. The lowest BCUT2D eigenvalue weighted by atomic mass is 10.1. The molecule has 3 N–H and O–H groups in total. The van der Waals surface area contributed by atoms with Crippen molar-refractivity contribution in [2.45, 2.75) is 13.3 Å². The minimum atomic E-state index is -0.588. The number of aromatic nitrogens is 2. The monoisotopic (exact) mass is 414 g/mol. The molecule has 158 valence electrons. The molecular weight excluding hydrogens is 390 g/mol. The number of hydrogen-bond donors (Lipinski definition) is 3. The summed E-state index contributed by atoms with van der Waals surface area (Å²) in [6.07, 6.45) is 0.807. The Morgan fingerprint density at radius 1 is 1.03 bits per heavy atom. The Balaban J connectivity index is 1.67. The van der Waals surface area contributed by atoms with Gasteiger partial charge in [0.05, 0.1) is 5.69 Å². The smallest absolute Gasteiger partial charge is 0.326 e. The molecule has 0 bridgehead atoms. The van der Waals surface area contributed by atoms with E-state index in [2.05, 4.69) is 25.9 Å². The van der Waals surface area contributed by atoms with Crippen molar-refractivity contribution in [2.24, 2.45) is 0 Å². The largest absolute Gasteiger partial charge is 0.367 e. The number of amides is 2. The Hall–Kier alpha value is -3.33. The molecule has 3 rings (SSSR count). The van der Waals surface area contributed by atoms with Gasteiger partial charge in [-0.25, -0.2) is 18.6 Å². The number of carbonyl (C=O) groups excluding carboxylic acids is 1. The first-order valence-electron chi connectivity index (χ1n) is 9.52. The van der Waals surface area contributed by atoms with Crippen LogP contribution in [0.2, 0.25) is 0 Å². The standard InChI is InChI=1S/C21H24F2N6O/c1-13-18(23)19(24-9-4-10-29(2)3)27-20(25-13)28-21(30)26-17-8-6-14-5-7-16(22)11-15(14)12-17/h5-8,11-12H,4,9-10H2,1-3H3,(H3,24,25,26,27,28,30). The van der Waals surface area contributed by atoms with Crippen LogP contribution < -0.4 is 16.0 Å². The molecule has 0 aliphatic heterocycles. The maximum Gasteiger partial charge on any atom is 0.326 e. The van der Waals surface area contributed by atoms with Crippen LogP contribution in [0.3, 0.4) is 0 Å². The summed E-state index contributed by atoms with van der Waals surface area (Å²) in [6, 6.07) is 8.98. The molecule has 0 aliphatic carbocycles. The summed E-state index contributed by atoms with van der Waals surface area (Å²) in [5.74, 6) is -0.890. The van der Waals surface area contributed by atoms with Crippen molar-refractivity contribution in [3.05, 3.63) is 53.7 Å². The predicted molar refractivity (Wildman–Crippen MR) is 115 cm³/mol. The average Bonchev–Trinajstić information content (AvgIpc) is 2.68. The van der Waals surface area contributed by atoms with E-state index >= 15 is 0 Å². The number of anilines is 3. The Morgan fingerprint density at radius 3 is 2.57 bits per heavy atom. The van der Waals surface area contributed by atoms with E-state index in [9.17, 15) is 13.6 Å². The third kappa shape index (κ3) is 5.60. The Labute approximate surface area is 173 Å². The van der Waals surface area contributed by atoms with Crippen LogP contribution in [0.4, 0.5) is 31.0 Å². The molecule has 0 saturated carbocycles. The summed E-state index contributed by atoms with van der Waals surface area (Å²) >= 11 is 0. The zero-order chi connectivity index (χ0) is 21.7. The molecule has 1 aromatic heterocycles. The van der Waals surface area contributed by atoms with Crippen LogP contribution in [0.15, 0.2) is 36.4 Å². The van der Waals surface area contributed by atoms with Crippen molar-refractivity contribution in [1.29, 1.82) is 0 Å². The molecule has 2 aromatic carbocycles. The number of halogens is 2. The van der Waals surface area contributed by atoms with E-state index in [4.69, 9.17) is 0 Å². The molecule has 0 atom stereocenters. The maximum absolute atomic E-state index is 14.3. The summed E-state index contributed by atoms with van der Waals surface area (Å²) in [7, 11) is 3.92. The number of aryl methyl sites for hydroxylation is 1. The molecule has 0 spiro atoms. The second-order valence-corrected chi connectivity index (χ2v) is 7.16. The SMILES string of the molecule is Cc1nc(NC(=O)Nc2ccc3ccc(F)cc3c2)nc(NCCCN(C)C)c1F. The van der Waals surface area contributed by atoms with Gasteiger partial charge in [-0.15, -0.1) is 0 Å². The number of carbonyl (C=O) groups is 1. The lowest BCUT2D eigenvalue weighted by Crippen LogP contribution is -2.22. The van der Waals surface area contributed by atoms with Gasteiger partial charge < -0.3 is 15.5 Å². The van der Waals surface area contributed by atoms with Crippen LogP contribution in [0, 0.1) is 18.6 Å². The Morgan fingerprint density at radius 2 is 1.80 bits per heavy atom. The lowest BCUT2D eigenvalue weighted by molar-refractivity contribution is 0.262. The van der Waals surface area contributed by atoms with Crippen LogP contribution in [0.1, 0.15) is 12.1 Å². The van der Waals surface area contributed by atoms with E-state index in [1.54, 1.807) is 24.3 Å². The number of rotatable bonds is 7. The van der Waals surface area contributed by atoms with E-state index in [0.717, 1.165) is 18.4 Å². The van der Waals surface area contributed by atoms with Gasteiger partial charge in [0.25, 0.3) is 0 Å². The van der Waals surface area contributed by atoms with Crippen LogP contribution in [0.25, 0.3) is 10.8 Å². The van der Waals surface area contributed by atoms with Crippen LogP contribution in [-0.2, 0) is 0 Å². The molecule has 30 heavy (non-hydrogen) atoms. The molecule has 9 heteroatoms. The molecule has 0 aliphatic rings. The maximum atomic E-state index is 14.3. The fourth-order valence-corrected chi connectivity index (χ4v) is 2.89. The summed E-state index contributed by atoms with van der Waals surface area (Å²) < 4.78 is 27.7. The third-order valence-electron chi connectivity index (χ3n) is 4.38. The van der Waals surface area contributed by atoms with Crippen LogP contribution in [0.5, 0.6) is 0 Å². The zero-order valence-electron chi connectivity index (χ0n) is 17.1. The molecule has 0 unspecified atom stereocenters. The summed E-state index contributed by atoms with van der Waals surface area (Å²) in [6.45, 7) is 2.88. The first kappa shape index (κ1) is 21.4. The highest BCUT2D eigenvalue weighted by atomic mass is 19.1. The predicted octanol–water partition coefficient (Wildman–Crippen LogP) is 4.22. The van der Waals surface area contributed by atoms with Crippen molar-refractivity contribution in [3.63, 3.8) is 0 Å². The molecule has 7 nitrogen and oxygen atoms in total. The highest BCUT2D eigenvalue weighted by Gasteiger charge is 2.13. The Bertz CT molecular complexity index is 1060. The fourth-order valence-electron chi connectivity index (χ4n) is 2.89. The normalized spacial score (nSPS) is 11.0. The van der Waals surface area contributed by atoms with E-state index in [-0.39, 0.29) is 23.3 Å². The van der Waals surface area contributed by atoms with E-state index in [1.807, 2.05) is 19.0 Å². The van der Waals surface area contributed by atoms with Crippen molar-refractivity contribution in [1.82, 2.24) is 14.9 Å². The second kappa shape index (κ2) is 9.45. The lowest BCUT2D eigenvalue weighted by Gasteiger charge is -2.13. The van der Waals surface area contributed by atoms with E-state index in [0.29, 0.717) is 17.6 Å². The van der Waals surface area contributed by atoms with Gasteiger partial charge in [0.15, 0.2) is 11.6 Å². The number of nitrogens with zero attached hydrogens (tertiary/aromatic N) is 3. The van der Waals surface area contributed by atoms with Crippen molar-refractivity contribution < 1.29 is 13.6 Å². The van der Waals surface area contributed by atoms with Gasteiger partial charge in [0, 0.05) is 12.2 Å². The minimum absolute atomic E-state index is 0.0201. The topological polar surface area (TPSA) is 82.2 Å². The van der Waals surface area contributed by atoms with Crippen molar-refractivity contribution >= 4 is 34.3 Å². The summed E-state index contributed by atoms with van der Waals surface area (Å²) in [5, 5.41) is 9.60. The van der Waals surface area contributed by atoms with Crippen LogP contribution >= 0.6 is 0 Å². The second-order valence-electron chi connectivity index (χ2n) is 7.16. The number of fused-ring (bicyclic) bond motifs is 1. The van der Waals surface area contributed by atoms with Crippen LogP contribution in [-0.4, -0.2) is 48.1 Å². The third-order valence-corrected chi connectivity index (χ3v) is 4.38. The first-order chi connectivity index (χ1) is 14.3. The highest BCUT2D eigenvalue weighted by Crippen LogP contribution is 2.21. The fraction of sp³-hybridized carbons (Fsp3) is 0.286. The number of hydrogen-bond acceptors (Lipinski definition) is 5. The average molecular weight is 414 g/mol. The van der Waals surface area contributed by atoms with Gasteiger partial charge in [0.2, 0.25) is 5.95 Å². The molecule has 3 aromatic rings. The molecular formula is C21H24F2N6O. The van der Waals surface area contributed by atoms with E-state index in [1.165, 1.54) is 19.1 Å². The van der Waals surface area contributed by atoms with E-state index < -0.39 is 11.8 Å². The van der Waals surface area contributed by atoms with Gasteiger partial charge in [-0.05, 0) is 69.0 Å². The van der Waals surface area contributed by atoms with Gasteiger partial charge in [-0.1, -0.05) is 12.1 Å². The summed E-state index contributed by atoms with van der Waals surface area (Å²) in [5.41, 5.74) is 0.600. The van der Waals surface area contributed by atoms with Gasteiger partial charge in [-0.2, -0.15) is 4.98 Å². The number of urea groups is 1. The molecule has 0 saturated heterocycles. The first-order valence-corrected chi connectivity index (χ1v) is 9.52. The summed E-state index contributed by atoms with van der Waals surface area (Å²) in [4.78, 5) is 22.4. The van der Waals surface area contributed by atoms with Gasteiger partial charge in [-0.3, -0.25) is 5.32 Å². The quantitative estimate of drug-likeness (QED) is 0.504. The molecule has 0 radical (unpaired) electrons. The highest BCUT2D eigenvalue weighted by molar-refractivity contribution is 6.00. The zero-order valence-corrected chi connectivity index (χ0v) is 17.1. The molecule has 1 heterocycles. The molecule has 0 fully saturated rings. The Kier molecular flexibility index (Phi) is 6.73. The number of nitrogens with one attached hydrogen (secondary N) is 3. The van der Waals surface area contributed by atoms with Crippen molar-refractivity contribution in [3.8, 4) is 0 Å². The minimum Gasteiger partial charge on any atom is -0.367 e.